The van der Waals surface area contributed by atoms with E-state index in [9.17, 15) is 4.79 Å². The van der Waals surface area contributed by atoms with Crippen LogP contribution in [0.15, 0.2) is 18.2 Å². The molecule has 2 fully saturated rings. The maximum absolute atomic E-state index is 13.0. The van der Waals surface area contributed by atoms with E-state index in [2.05, 4.69) is 4.90 Å². The number of rotatable bonds is 4. The molecule has 1 amide bonds. The van der Waals surface area contributed by atoms with Crippen molar-refractivity contribution in [1.29, 1.82) is 0 Å². The molecule has 2 saturated heterocycles. The minimum atomic E-state index is -0.771. The van der Waals surface area contributed by atoms with E-state index in [1.165, 1.54) is 0 Å². The molecule has 0 aliphatic carbocycles. The van der Waals surface area contributed by atoms with E-state index in [4.69, 9.17) is 19.9 Å². The summed E-state index contributed by atoms with van der Waals surface area (Å²) in [5, 5.41) is 0. The van der Waals surface area contributed by atoms with Crippen molar-refractivity contribution in [3.05, 3.63) is 18.2 Å². The Kier molecular flexibility index (Phi) is 9.63. The number of nitrogens with zero attached hydrogens (tertiary/aromatic N) is 2. The molecule has 2 N–H and O–H groups in total. The van der Waals surface area contributed by atoms with Gasteiger partial charge in [-0.1, -0.05) is 0 Å². The number of methoxy groups -OCH3 is 2. The van der Waals surface area contributed by atoms with Gasteiger partial charge in [0.1, 0.15) is 11.5 Å². The lowest BCUT2D eigenvalue weighted by Crippen LogP contribution is -2.58. The lowest BCUT2D eigenvalue weighted by molar-refractivity contribution is -0.140. The van der Waals surface area contributed by atoms with Crippen molar-refractivity contribution in [2.45, 2.75) is 24.8 Å². The Morgan fingerprint density at radius 3 is 2.18 bits per heavy atom. The summed E-state index contributed by atoms with van der Waals surface area (Å²) < 4.78 is 16.1. The van der Waals surface area contributed by atoms with E-state index in [-0.39, 0.29) is 30.7 Å². The van der Waals surface area contributed by atoms with Crippen molar-refractivity contribution in [2.75, 3.05) is 58.5 Å². The van der Waals surface area contributed by atoms with Gasteiger partial charge in [0.15, 0.2) is 0 Å². The van der Waals surface area contributed by atoms with Crippen LogP contribution in [0.5, 0.6) is 11.5 Å². The standard InChI is InChI=1S/C19H29N3O4.2ClH/c1-24-16-12-15(13-17(14-16)25-2)21-6-3-7-22(9-8-21)18(23)19(20)4-10-26-11-5-19;;/h12-14H,3-11,20H2,1-2H3;2*1H. The molecule has 9 heteroatoms. The molecule has 0 spiro atoms. The van der Waals surface area contributed by atoms with Gasteiger partial charge in [0.05, 0.1) is 19.8 Å². The molecular weight excluding hydrogens is 405 g/mol. The van der Waals surface area contributed by atoms with E-state index in [1.54, 1.807) is 14.2 Å². The van der Waals surface area contributed by atoms with Crippen LogP contribution in [0.4, 0.5) is 5.69 Å². The zero-order valence-corrected chi connectivity index (χ0v) is 18.2. The van der Waals surface area contributed by atoms with Crippen LogP contribution < -0.4 is 20.1 Å². The molecule has 0 unspecified atom stereocenters. The average molecular weight is 436 g/mol. The maximum Gasteiger partial charge on any atom is 0.242 e. The monoisotopic (exact) mass is 435 g/mol. The fourth-order valence-electron chi connectivity index (χ4n) is 3.62. The second-order valence-electron chi connectivity index (χ2n) is 6.97. The minimum absolute atomic E-state index is 0. The van der Waals surface area contributed by atoms with Gasteiger partial charge in [0.25, 0.3) is 0 Å². The highest BCUT2D eigenvalue weighted by Gasteiger charge is 2.39. The Bertz CT molecular complexity index is 619. The Hall–Kier alpha value is -1.41. The Morgan fingerprint density at radius 1 is 1.00 bits per heavy atom. The molecule has 1 aromatic rings. The summed E-state index contributed by atoms with van der Waals surface area (Å²) in [6.07, 6.45) is 2.09. The van der Waals surface area contributed by atoms with Gasteiger partial charge in [-0.15, -0.1) is 24.8 Å². The van der Waals surface area contributed by atoms with Gasteiger partial charge in [0, 0.05) is 63.3 Å². The van der Waals surface area contributed by atoms with Crippen LogP contribution in [0.25, 0.3) is 0 Å². The van der Waals surface area contributed by atoms with E-state index in [1.807, 2.05) is 23.1 Å². The normalized spacial score (nSPS) is 19.0. The zero-order valence-electron chi connectivity index (χ0n) is 16.5. The van der Waals surface area contributed by atoms with Crippen LogP contribution in [0.2, 0.25) is 0 Å². The molecule has 0 atom stereocenters. The van der Waals surface area contributed by atoms with Crippen molar-refractivity contribution in [2.24, 2.45) is 5.73 Å². The average Bonchev–Trinajstić information content (AvgIpc) is 2.93. The predicted octanol–water partition coefficient (Wildman–Crippen LogP) is 2.09. The molecule has 7 nitrogen and oxygen atoms in total. The summed E-state index contributed by atoms with van der Waals surface area (Å²) in [4.78, 5) is 17.1. The molecule has 3 rings (SSSR count). The summed E-state index contributed by atoms with van der Waals surface area (Å²) >= 11 is 0. The summed E-state index contributed by atoms with van der Waals surface area (Å²) in [5.74, 6) is 1.59. The topological polar surface area (TPSA) is 77.3 Å². The molecule has 160 valence electrons. The molecule has 0 saturated carbocycles. The van der Waals surface area contributed by atoms with E-state index >= 15 is 0 Å². The number of anilines is 1. The van der Waals surface area contributed by atoms with Crippen LogP contribution in [0.3, 0.4) is 0 Å². The van der Waals surface area contributed by atoms with E-state index < -0.39 is 5.54 Å². The molecule has 28 heavy (non-hydrogen) atoms. The highest BCUT2D eigenvalue weighted by molar-refractivity contribution is 5.86. The molecule has 1 aromatic carbocycles. The number of nitrogens with two attached hydrogens (primary N) is 1. The summed E-state index contributed by atoms with van der Waals surface area (Å²) in [6, 6.07) is 5.87. The molecule has 2 heterocycles. The third-order valence-electron chi connectivity index (χ3n) is 5.30. The number of carbonyl (C=O) groups excluding carboxylic acids is 1. The van der Waals surface area contributed by atoms with Crippen molar-refractivity contribution in [3.63, 3.8) is 0 Å². The number of hydrogen-bond acceptors (Lipinski definition) is 6. The van der Waals surface area contributed by atoms with Crippen LogP contribution in [-0.2, 0) is 9.53 Å². The summed E-state index contributed by atoms with van der Waals surface area (Å²) in [6.45, 7) is 4.15. The summed E-state index contributed by atoms with van der Waals surface area (Å²) in [7, 11) is 3.30. The first-order chi connectivity index (χ1) is 12.6. The largest absolute Gasteiger partial charge is 0.497 e. The van der Waals surface area contributed by atoms with Crippen molar-refractivity contribution < 1.29 is 19.0 Å². The van der Waals surface area contributed by atoms with Gasteiger partial charge in [-0.25, -0.2) is 0 Å². The van der Waals surface area contributed by atoms with Gasteiger partial charge in [-0.3, -0.25) is 4.79 Å². The van der Waals surface area contributed by atoms with Gasteiger partial charge in [-0.05, 0) is 19.3 Å². The molecule has 2 aliphatic heterocycles. The molecule has 2 aliphatic rings. The first-order valence-electron chi connectivity index (χ1n) is 9.20. The first kappa shape index (κ1) is 24.6. The lowest BCUT2D eigenvalue weighted by atomic mass is 9.89. The number of benzene rings is 1. The smallest absolute Gasteiger partial charge is 0.242 e. The fourth-order valence-corrected chi connectivity index (χ4v) is 3.62. The second-order valence-corrected chi connectivity index (χ2v) is 6.97. The van der Waals surface area contributed by atoms with Crippen molar-refractivity contribution >= 4 is 36.4 Å². The Morgan fingerprint density at radius 2 is 1.61 bits per heavy atom. The maximum atomic E-state index is 13.0. The highest BCUT2D eigenvalue weighted by Crippen LogP contribution is 2.29. The van der Waals surface area contributed by atoms with E-state index in [0.717, 1.165) is 43.2 Å². The van der Waals surface area contributed by atoms with Crippen LogP contribution in [-0.4, -0.2) is 70.0 Å². The first-order valence-corrected chi connectivity index (χ1v) is 9.20. The summed E-state index contributed by atoms with van der Waals surface area (Å²) in [5.41, 5.74) is 6.66. The SMILES string of the molecule is COc1cc(OC)cc(N2CCCN(C(=O)C3(N)CCOCC3)CC2)c1.Cl.Cl. The minimum Gasteiger partial charge on any atom is -0.497 e. The number of hydrogen-bond donors (Lipinski definition) is 1. The van der Waals surface area contributed by atoms with E-state index in [0.29, 0.717) is 32.6 Å². The van der Waals surface area contributed by atoms with Gasteiger partial charge < -0.3 is 29.7 Å². The van der Waals surface area contributed by atoms with Gasteiger partial charge >= 0.3 is 0 Å². The Balaban J connectivity index is 0.00000196. The van der Waals surface area contributed by atoms with Gasteiger partial charge in [0.2, 0.25) is 5.91 Å². The van der Waals surface area contributed by atoms with Crippen LogP contribution >= 0.6 is 24.8 Å². The Labute approximate surface area is 179 Å². The molecule has 0 radical (unpaired) electrons. The fraction of sp³-hybridized carbons (Fsp3) is 0.632. The third-order valence-corrected chi connectivity index (χ3v) is 5.30. The lowest BCUT2D eigenvalue weighted by Gasteiger charge is -2.36. The number of carbonyl (C=O) groups is 1. The van der Waals surface area contributed by atoms with Crippen LogP contribution in [0, 0.1) is 0 Å². The highest BCUT2D eigenvalue weighted by atomic mass is 35.5. The third kappa shape index (κ3) is 5.56. The number of halogens is 2. The number of amides is 1. The van der Waals surface area contributed by atoms with Gasteiger partial charge in [-0.2, -0.15) is 0 Å². The number of ether oxygens (including phenoxy) is 3. The molecule has 0 aromatic heterocycles. The van der Waals surface area contributed by atoms with Crippen molar-refractivity contribution in [3.8, 4) is 11.5 Å². The predicted molar refractivity (Wildman–Crippen MR) is 114 cm³/mol. The zero-order chi connectivity index (χ0) is 18.6. The van der Waals surface area contributed by atoms with Crippen LogP contribution in [0.1, 0.15) is 19.3 Å². The molecular formula is C19H31Cl2N3O4. The van der Waals surface area contributed by atoms with Crippen molar-refractivity contribution in [1.82, 2.24) is 4.90 Å². The second kappa shape index (κ2) is 11.0. The quantitative estimate of drug-likeness (QED) is 0.779. The molecule has 0 bridgehead atoms.